The number of urea groups is 1. The fraction of sp³-hybridized carbons (Fsp3) is 0.350. The Morgan fingerprint density at radius 2 is 1.88 bits per heavy atom. The number of nitrogens with zero attached hydrogens (tertiary/aromatic N) is 1. The van der Waals surface area contributed by atoms with Crippen molar-refractivity contribution in [3.8, 4) is 5.75 Å². The Kier molecular flexibility index (Phi) is 5.56. The van der Waals surface area contributed by atoms with Gasteiger partial charge in [-0.15, -0.1) is 0 Å². The average Bonchev–Trinajstić information content (AvgIpc) is 2.64. The largest absolute Gasteiger partial charge is 0.497 e. The second-order valence-electron chi connectivity index (χ2n) is 6.56. The number of hydrogen-bond acceptors (Lipinski definition) is 2. The highest BCUT2D eigenvalue weighted by Crippen LogP contribution is 2.17. The molecule has 0 spiro atoms. The Balaban J connectivity index is 1.49. The van der Waals surface area contributed by atoms with Gasteiger partial charge < -0.3 is 19.9 Å². The maximum Gasteiger partial charge on any atom is 0.322 e. The SMILES string of the molecule is COc1cccc(NC(=O)N2CC[NH+](Cc3ccc(C)cc3)CC2)c1. The normalized spacial score (nSPS) is 15.0. The molecule has 2 amide bonds. The minimum atomic E-state index is -0.0392. The average molecular weight is 340 g/mol. The van der Waals surface area contributed by atoms with Gasteiger partial charge in [-0.05, 0) is 19.1 Å². The molecule has 0 aliphatic carbocycles. The molecule has 1 aliphatic rings. The zero-order valence-corrected chi connectivity index (χ0v) is 14.9. The van der Waals surface area contributed by atoms with Crippen LogP contribution >= 0.6 is 0 Å². The van der Waals surface area contributed by atoms with Gasteiger partial charge in [-0.1, -0.05) is 35.9 Å². The standard InChI is InChI=1S/C20H25N3O2/c1-16-6-8-17(9-7-16)15-22-10-12-23(13-11-22)20(24)21-18-4-3-5-19(14-18)25-2/h3-9,14H,10-13,15H2,1-2H3,(H,21,24)/p+1. The fourth-order valence-electron chi connectivity index (χ4n) is 3.10. The zero-order valence-electron chi connectivity index (χ0n) is 14.9. The van der Waals surface area contributed by atoms with Gasteiger partial charge in [0.15, 0.2) is 0 Å². The molecule has 1 aliphatic heterocycles. The summed E-state index contributed by atoms with van der Waals surface area (Å²) in [6, 6.07) is 16.1. The van der Waals surface area contributed by atoms with Crippen molar-refractivity contribution < 1.29 is 14.4 Å². The Bertz CT molecular complexity index is 707. The van der Waals surface area contributed by atoms with E-state index in [1.807, 2.05) is 29.2 Å². The van der Waals surface area contributed by atoms with Gasteiger partial charge in [-0.3, -0.25) is 0 Å². The van der Waals surface area contributed by atoms with Crippen LogP contribution in [0.15, 0.2) is 48.5 Å². The molecule has 5 heteroatoms. The summed E-state index contributed by atoms with van der Waals surface area (Å²) in [5.74, 6) is 0.741. The van der Waals surface area contributed by atoms with Gasteiger partial charge in [0.2, 0.25) is 0 Å². The van der Waals surface area contributed by atoms with Crippen LogP contribution in [0, 0.1) is 6.92 Å². The first-order valence-electron chi connectivity index (χ1n) is 8.73. The lowest BCUT2D eigenvalue weighted by molar-refractivity contribution is -0.917. The van der Waals surface area contributed by atoms with Crippen LogP contribution in [0.25, 0.3) is 0 Å². The molecule has 0 atom stereocenters. The second-order valence-corrected chi connectivity index (χ2v) is 6.56. The molecule has 0 aromatic heterocycles. The van der Waals surface area contributed by atoms with Crippen molar-refractivity contribution in [3.63, 3.8) is 0 Å². The molecule has 2 aromatic carbocycles. The van der Waals surface area contributed by atoms with Crippen LogP contribution in [0.2, 0.25) is 0 Å². The number of ether oxygens (including phenoxy) is 1. The molecule has 5 nitrogen and oxygen atoms in total. The Hall–Kier alpha value is -2.53. The van der Waals surface area contributed by atoms with Crippen molar-refractivity contribution in [1.82, 2.24) is 4.90 Å². The van der Waals surface area contributed by atoms with Crippen LogP contribution in [0.5, 0.6) is 5.75 Å². The smallest absolute Gasteiger partial charge is 0.322 e. The van der Waals surface area contributed by atoms with Gasteiger partial charge in [-0.2, -0.15) is 0 Å². The van der Waals surface area contributed by atoms with Crippen molar-refractivity contribution in [2.24, 2.45) is 0 Å². The third-order valence-corrected chi connectivity index (χ3v) is 4.65. The molecule has 0 radical (unpaired) electrons. The summed E-state index contributed by atoms with van der Waals surface area (Å²) >= 11 is 0. The molecular weight excluding hydrogens is 314 g/mol. The summed E-state index contributed by atoms with van der Waals surface area (Å²) in [5, 5.41) is 2.95. The highest BCUT2D eigenvalue weighted by molar-refractivity contribution is 5.89. The number of benzene rings is 2. The van der Waals surface area contributed by atoms with Crippen molar-refractivity contribution in [3.05, 3.63) is 59.7 Å². The van der Waals surface area contributed by atoms with Crippen LogP contribution in [0.4, 0.5) is 10.5 Å². The van der Waals surface area contributed by atoms with Crippen molar-refractivity contribution >= 4 is 11.7 Å². The van der Waals surface area contributed by atoms with E-state index in [0.717, 1.165) is 44.2 Å². The Morgan fingerprint density at radius 1 is 1.16 bits per heavy atom. The van der Waals surface area contributed by atoms with E-state index in [2.05, 4.69) is 36.5 Å². The van der Waals surface area contributed by atoms with Crippen LogP contribution in [0.1, 0.15) is 11.1 Å². The molecule has 25 heavy (non-hydrogen) atoms. The maximum atomic E-state index is 12.4. The highest BCUT2D eigenvalue weighted by atomic mass is 16.5. The topological polar surface area (TPSA) is 46.0 Å². The first kappa shape index (κ1) is 17.3. The van der Waals surface area contributed by atoms with E-state index in [1.54, 1.807) is 7.11 Å². The van der Waals surface area contributed by atoms with Crippen molar-refractivity contribution in [2.75, 3.05) is 38.6 Å². The molecule has 0 saturated carbocycles. The number of carbonyl (C=O) groups excluding carboxylic acids is 1. The number of amides is 2. The van der Waals surface area contributed by atoms with Gasteiger partial charge in [0, 0.05) is 17.3 Å². The van der Waals surface area contributed by atoms with E-state index in [0.29, 0.717) is 0 Å². The van der Waals surface area contributed by atoms with Crippen LogP contribution in [-0.2, 0) is 6.54 Å². The molecule has 1 saturated heterocycles. The van der Waals surface area contributed by atoms with E-state index in [9.17, 15) is 4.79 Å². The van der Waals surface area contributed by atoms with E-state index in [-0.39, 0.29) is 6.03 Å². The number of aryl methyl sites for hydroxylation is 1. The van der Waals surface area contributed by atoms with Crippen LogP contribution < -0.4 is 15.0 Å². The van der Waals surface area contributed by atoms with Crippen molar-refractivity contribution in [2.45, 2.75) is 13.5 Å². The minimum absolute atomic E-state index is 0.0392. The number of rotatable bonds is 4. The molecule has 132 valence electrons. The second kappa shape index (κ2) is 8.03. The van der Waals surface area contributed by atoms with Gasteiger partial charge >= 0.3 is 6.03 Å². The van der Waals surface area contributed by atoms with Gasteiger partial charge in [0.05, 0.1) is 33.3 Å². The summed E-state index contributed by atoms with van der Waals surface area (Å²) in [4.78, 5) is 15.8. The number of piperazine rings is 1. The Morgan fingerprint density at radius 3 is 2.56 bits per heavy atom. The highest BCUT2D eigenvalue weighted by Gasteiger charge is 2.23. The zero-order chi connectivity index (χ0) is 17.6. The van der Waals surface area contributed by atoms with E-state index in [1.165, 1.54) is 16.0 Å². The number of hydrogen-bond donors (Lipinski definition) is 2. The number of methoxy groups -OCH3 is 1. The summed E-state index contributed by atoms with van der Waals surface area (Å²) in [6.45, 7) is 6.62. The molecular formula is C20H26N3O2+. The van der Waals surface area contributed by atoms with Crippen LogP contribution in [0.3, 0.4) is 0 Å². The molecule has 1 fully saturated rings. The summed E-state index contributed by atoms with van der Waals surface area (Å²) < 4.78 is 5.19. The molecule has 3 rings (SSSR count). The summed E-state index contributed by atoms with van der Waals surface area (Å²) in [6.07, 6.45) is 0. The molecule has 2 N–H and O–H groups in total. The van der Waals surface area contributed by atoms with E-state index < -0.39 is 0 Å². The summed E-state index contributed by atoms with van der Waals surface area (Å²) in [5.41, 5.74) is 3.41. The molecule has 0 bridgehead atoms. The quantitative estimate of drug-likeness (QED) is 0.893. The lowest BCUT2D eigenvalue weighted by atomic mass is 10.1. The molecule has 0 unspecified atom stereocenters. The number of quaternary nitrogens is 1. The Labute approximate surface area is 149 Å². The predicted octanol–water partition coefficient (Wildman–Crippen LogP) is 1.94. The molecule has 2 aromatic rings. The monoisotopic (exact) mass is 340 g/mol. The van der Waals surface area contributed by atoms with Crippen molar-refractivity contribution in [1.29, 1.82) is 0 Å². The first-order chi connectivity index (χ1) is 12.1. The maximum absolute atomic E-state index is 12.4. The van der Waals surface area contributed by atoms with Gasteiger partial charge in [-0.25, -0.2) is 4.79 Å². The lowest BCUT2D eigenvalue weighted by Crippen LogP contribution is -3.13. The van der Waals surface area contributed by atoms with Gasteiger partial charge in [0.1, 0.15) is 12.3 Å². The van der Waals surface area contributed by atoms with E-state index >= 15 is 0 Å². The van der Waals surface area contributed by atoms with E-state index in [4.69, 9.17) is 4.74 Å². The number of anilines is 1. The van der Waals surface area contributed by atoms with Crippen LogP contribution in [-0.4, -0.2) is 44.2 Å². The third kappa shape index (κ3) is 4.73. The lowest BCUT2D eigenvalue weighted by Gasteiger charge is -2.32. The fourth-order valence-corrected chi connectivity index (χ4v) is 3.10. The summed E-state index contributed by atoms with van der Waals surface area (Å²) in [7, 11) is 1.62. The molecule has 1 heterocycles. The first-order valence-corrected chi connectivity index (χ1v) is 8.73. The third-order valence-electron chi connectivity index (χ3n) is 4.65. The van der Waals surface area contributed by atoms with Gasteiger partial charge in [0.25, 0.3) is 0 Å². The number of nitrogens with one attached hydrogen (secondary N) is 2. The predicted molar refractivity (Wildman–Crippen MR) is 99.2 cm³/mol. The number of carbonyl (C=O) groups is 1. The minimum Gasteiger partial charge on any atom is -0.497 e.